The molecule has 2 aromatic rings. The van der Waals surface area contributed by atoms with Crippen molar-refractivity contribution in [3.8, 4) is 0 Å². The third kappa shape index (κ3) is 4.67. The van der Waals surface area contributed by atoms with Gasteiger partial charge in [-0.05, 0) is 29.7 Å². The molecule has 0 bridgehead atoms. The lowest BCUT2D eigenvalue weighted by molar-refractivity contribution is 0.0302. The van der Waals surface area contributed by atoms with Crippen molar-refractivity contribution in [2.24, 2.45) is 0 Å². The number of amides is 2. The molecule has 2 aliphatic heterocycles. The molecule has 30 heavy (non-hydrogen) atoms. The Balaban J connectivity index is 1.29. The van der Waals surface area contributed by atoms with Gasteiger partial charge in [0.05, 0.1) is 24.9 Å². The Labute approximate surface area is 175 Å². The topological polar surface area (TPSA) is 104 Å². The van der Waals surface area contributed by atoms with Gasteiger partial charge in [0.2, 0.25) is 0 Å². The number of benzene rings is 1. The molecule has 1 fully saturated rings. The Morgan fingerprint density at radius 3 is 2.70 bits per heavy atom. The maximum Gasteiger partial charge on any atom is 0.269 e. The second-order valence-electron chi connectivity index (χ2n) is 7.57. The van der Waals surface area contributed by atoms with Crippen LogP contribution >= 0.6 is 0 Å². The van der Waals surface area contributed by atoms with Gasteiger partial charge in [0.15, 0.2) is 0 Å². The molecule has 3 heterocycles. The zero-order chi connectivity index (χ0) is 20.9. The minimum Gasteiger partial charge on any atom is -0.390 e. The van der Waals surface area contributed by atoms with Crippen LogP contribution in [0.25, 0.3) is 0 Å². The maximum absolute atomic E-state index is 12.4. The van der Waals surface area contributed by atoms with Crippen molar-refractivity contribution in [2.75, 3.05) is 32.8 Å². The largest absolute Gasteiger partial charge is 0.390 e. The first-order chi connectivity index (χ1) is 14.6. The molecule has 0 saturated carbocycles. The van der Waals surface area contributed by atoms with Crippen molar-refractivity contribution in [3.63, 3.8) is 0 Å². The van der Waals surface area contributed by atoms with Gasteiger partial charge in [-0.1, -0.05) is 24.3 Å². The van der Waals surface area contributed by atoms with Gasteiger partial charge in [0, 0.05) is 38.4 Å². The number of nitrogens with zero attached hydrogens (tertiary/aromatic N) is 2. The zero-order valence-electron chi connectivity index (χ0n) is 16.7. The fourth-order valence-corrected chi connectivity index (χ4v) is 3.79. The molecule has 2 aliphatic rings. The lowest BCUT2D eigenvalue weighted by Gasteiger charge is -2.30. The van der Waals surface area contributed by atoms with Crippen LogP contribution in [0.15, 0.2) is 42.6 Å². The van der Waals surface area contributed by atoms with E-state index in [9.17, 15) is 14.7 Å². The van der Waals surface area contributed by atoms with Crippen LogP contribution in [0.4, 0.5) is 0 Å². The van der Waals surface area contributed by atoms with E-state index >= 15 is 0 Å². The lowest BCUT2D eigenvalue weighted by atomic mass is 9.93. The number of carbonyl (C=O) groups is 2. The van der Waals surface area contributed by atoms with Gasteiger partial charge in [-0.3, -0.25) is 14.6 Å². The summed E-state index contributed by atoms with van der Waals surface area (Å²) in [5.74, 6) is -0.493. The van der Waals surface area contributed by atoms with Gasteiger partial charge in [0.25, 0.3) is 11.8 Å². The van der Waals surface area contributed by atoms with E-state index < -0.39 is 6.10 Å². The Kier molecular flexibility index (Phi) is 6.37. The van der Waals surface area contributed by atoms with Gasteiger partial charge in [-0.15, -0.1) is 0 Å². The predicted octanol–water partition coefficient (Wildman–Crippen LogP) is 0.359. The van der Waals surface area contributed by atoms with Crippen LogP contribution < -0.4 is 10.6 Å². The number of aromatic nitrogens is 1. The lowest BCUT2D eigenvalue weighted by Crippen LogP contribution is -2.49. The molecule has 0 aliphatic carbocycles. The molecule has 1 unspecified atom stereocenters. The number of carbonyl (C=O) groups excluding carboxylic acids is 2. The average Bonchev–Trinajstić information content (AvgIpc) is 2.82. The number of aliphatic hydroxyl groups is 1. The summed E-state index contributed by atoms with van der Waals surface area (Å²) in [6.07, 6.45) is 1.41. The van der Waals surface area contributed by atoms with E-state index in [2.05, 4.69) is 27.8 Å². The van der Waals surface area contributed by atoms with Crippen LogP contribution in [0.2, 0.25) is 0 Å². The average molecular weight is 410 g/mol. The number of morpholine rings is 1. The molecule has 8 heteroatoms. The van der Waals surface area contributed by atoms with Crippen LogP contribution in [0.3, 0.4) is 0 Å². The molecule has 1 aromatic heterocycles. The highest BCUT2D eigenvalue weighted by Crippen LogP contribution is 2.17. The third-order valence-corrected chi connectivity index (χ3v) is 5.59. The van der Waals surface area contributed by atoms with E-state index in [1.807, 2.05) is 12.1 Å². The fraction of sp³-hybridized carbons (Fsp3) is 0.409. The quantitative estimate of drug-likeness (QED) is 0.658. The zero-order valence-corrected chi connectivity index (χ0v) is 16.7. The van der Waals surface area contributed by atoms with Crippen LogP contribution in [-0.4, -0.2) is 71.8 Å². The molecule has 3 N–H and O–H groups in total. The van der Waals surface area contributed by atoms with Crippen molar-refractivity contribution >= 4 is 11.8 Å². The Morgan fingerprint density at radius 2 is 1.97 bits per heavy atom. The summed E-state index contributed by atoms with van der Waals surface area (Å²) in [6.45, 7) is 2.99. The number of ether oxygens (including phenoxy) is 1. The molecule has 2 amide bonds. The van der Waals surface area contributed by atoms with Gasteiger partial charge in [-0.25, -0.2) is 0 Å². The summed E-state index contributed by atoms with van der Waals surface area (Å²) >= 11 is 0. The SMILES string of the molecule is O=C(NCC(O)[C@@H]1Cc2ccccc2CN1)c1ccc(C(=O)N2CCOCC2)cn1. The number of hydrogen-bond donors (Lipinski definition) is 3. The molecule has 158 valence electrons. The van der Waals surface area contributed by atoms with Crippen molar-refractivity contribution in [1.29, 1.82) is 0 Å². The molecular weight excluding hydrogens is 384 g/mol. The van der Waals surface area contributed by atoms with Gasteiger partial charge < -0.3 is 25.4 Å². The first-order valence-corrected chi connectivity index (χ1v) is 10.2. The van der Waals surface area contributed by atoms with Crippen LogP contribution in [0.1, 0.15) is 32.0 Å². The van der Waals surface area contributed by atoms with E-state index in [0.29, 0.717) is 44.8 Å². The number of aliphatic hydroxyl groups excluding tert-OH is 1. The van der Waals surface area contributed by atoms with E-state index in [1.54, 1.807) is 11.0 Å². The summed E-state index contributed by atoms with van der Waals surface area (Å²) in [7, 11) is 0. The van der Waals surface area contributed by atoms with Crippen molar-refractivity contribution in [2.45, 2.75) is 25.1 Å². The van der Waals surface area contributed by atoms with E-state index in [1.165, 1.54) is 23.4 Å². The summed E-state index contributed by atoms with van der Waals surface area (Å²) < 4.78 is 5.26. The highest BCUT2D eigenvalue weighted by molar-refractivity contribution is 5.96. The smallest absolute Gasteiger partial charge is 0.269 e. The first-order valence-electron chi connectivity index (χ1n) is 10.2. The summed E-state index contributed by atoms with van der Waals surface area (Å²) in [5, 5.41) is 16.5. The van der Waals surface area contributed by atoms with Gasteiger partial charge in [-0.2, -0.15) is 0 Å². The number of fused-ring (bicyclic) bond motifs is 1. The molecule has 8 nitrogen and oxygen atoms in total. The normalized spacial score (nSPS) is 19.6. The Morgan fingerprint density at radius 1 is 1.20 bits per heavy atom. The summed E-state index contributed by atoms with van der Waals surface area (Å²) in [6, 6.07) is 11.2. The first kappa shape index (κ1) is 20.5. The van der Waals surface area contributed by atoms with Crippen molar-refractivity contribution in [1.82, 2.24) is 20.5 Å². The summed E-state index contributed by atoms with van der Waals surface area (Å²) in [4.78, 5) is 30.7. The molecular formula is C22H26N4O4. The van der Waals surface area contributed by atoms with Crippen LogP contribution in [0.5, 0.6) is 0 Å². The van der Waals surface area contributed by atoms with Gasteiger partial charge in [0.1, 0.15) is 5.69 Å². The number of nitrogens with one attached hydrogen (secondary N) is 2. The Hall–Kier alpha value is -2.81. The highest BCUT2D eigenvalue weighted by atomic mass is 16.5. The maximum atomic E-state index is 12.4. The second kappa shape index (κ2) is 9.34. The minimum atomic E-state index is -0.718. The fourth-order valence-electron chi connectivity index (χ4n) is 3.79. The summed E-state index contributed by atoms with van der Waals surface area (Å²) in [5.41, 5.74) is 3.11. The van der Waals surface area contributed by atoms with Crippen molar-refractivity contribution in [3.05, 3.63) is 65.0 Å². The molecule has 0 radical (unpaired) electrons. The van der Waals surface area contributed by atoms with E-state index in [-0.39, 0.29) is 30.1 Å². The minimum absolute atomic E-state index is 0.114. The van der Waals surface area contributed by atoms with Crippen molar-refractivity contribution < 1.29 is 19.4 Å². The standard InChI is InChI=1S/C22H26N4O4/c27-20(19-11-15-3-1-2-4-16(15)12-24-19)14-25-21(28)18-6-5-17(13-23-18)22(29)26-7-9-30-10-8-26/h1-6,13,19-20,24,27H,7-12,14H2,(H,25,28)/t19-,20?/m0/s1. The van der Waals surface area contributed by atoms with Gasteiger partial charge >= 0.3 is 0 Å². The molecule has 1 saturated heterocycles. The second-order valence-corrected chi connectivity index (χ2v) is 7.57. The number of rotatable bonds is 5. The predicted molar refractivity (Wildman–Crippen MR) is 110 cm³/mol. The Bertz CT molecular complexity index is 896. The molecule has 1 aromatic carbocycles. The number of pyridine rings is 1. The monoisotopic (exact) mass is 410 g/mol. The molecule has 0 spiro atoms. The molecule has 2 atom stereocenters. The van der Waals surface area contributed by atoms with E-state index in [4.69, 9.17) is 4.74 Å². The molecule has 4 rings (SSSR count). The van der Waals surface area contributed by atoms with E-state index in [0.717, 1.165) is 0 Å². The highest BCUT2D eigenvalue weighted by Gasteiger charge is 2.25. The number of hydrogen-bond acceptors (Lipinski definition) is 6. The van der Waals surface area contributed by atoms with Crippen LogP contribution in [-0.2, 0) is 17.7 Å². The van der Waals surface area contributed by atoms with Crippen LogP contribution in [0, 0.1) is 0 Å². The third-order valence-electron chi connectivity index (χ3n) is 5.59.